The average Bonchev–Trinajstić information content (AvgIpc) is 1.47. The van der Waals surface area contributed by atoms with Gasteiger partial charge in [0.1, 0.15) is 11.4 Å². The van der Waals surface area contributed by atoms with E-state index in [1.807, 2.05) is 0 Å². The second-order valence-electron chi connectivity index (χ2n) is 24.3. The van der Waals surface area contributed by atoms with Gasteiger partial charge in [0, 0.05) is 59.8 Å². The van der Waals surface area contributed by atoms with Crippen LogP contribution in [0.5, 0.6) is 0 Å². The van der Waals surface area contributed by atoms with E-state index in [0.29, 0.717) is 0 Å². The zero-order valence-corrected chi connectivity index (χ0v) is 49.7. The van der Waals surface area contributed by atoms with E-state index in [9.17, 15) is 0 Å². The van der Waals surface area contributed by atoms with E-state index in [2.05, 4.69) is 334 Å². The van der Waals surface area contributed by atoms with Gasteiger partial charge in [-0.05, 0) is 109 Å². The third-order valence-electron chi connectivity index (χ3n) is 19.5. The van der Waals surface area contributed by atoms with Gasteiger partial charge in [-0.15, -0.1) is 0 Å². The predicted octanol–water partition coefficient (Wildman–Crippen LogP) is 22.5. The Labute approximate surface area is 527 Å². The maximum Gasteiger partial charge on any atom is 0.165 e. The Bertz CT molecular complexity index is 6170. The Kier molecular flexibility index (Phi) is 10.8. The number of hydrogen-bond donors (Lipinski definition) is 0. The predicted molar refractivity (Wildman–Crippen MR) is 386 cm³/mol. The minimum Gasteiger partial charge on any atom is -0.305 e. The van der Waals surface area contributed by atoms with Crippen LogP contribution in [0.1, 0.15) is 0 Å². The Morgan fingerprint density at radius 3 is 0.859 bits per heavy atom. The maximum atomic E-state index is 6.65. The highest BCUT2D eigenvalue weighted by molar-refractivity contribution is 6.26. The van der Waals surface area contributed by atoms with Gasteiger partial charge >= 0.3 is 0 Å². The molecule has 14 aromatic carbocycles. The molecule has 6 heterocycles. The second kappa shape index (κ2) is 19.6. The molecule has 0 saturated carbocycles. The molecule has 0 fully saturated rings. The quantitative estimate of drug-likeness (QED) is 0.160. The van der Waals surface area contributed by atoms with Gasteiger partial charge in [-0.2, -0.15) is 0 Å². The Balaban J connectivity index is 1.06. The van der Waals surface area contributed by atoms with Crippen LogP contribution in [0, 0.1) is 0 Å². The molecule has 6 heteroatoms. The molecule has 0 bridgehead atoms. The van der Waals surface area contributed by atoms with Crippen molar-refractivity contribution in [2.45, 2.75) is 0 Å². The summed E-state index contributed by atoms with van der Waals surface area (Å²) in [5.74, 6) is 1.57. The Hall–Kier alpha value is -12.4. The molecule has 0 saturated heterocycles. The first-order valence-corrected chi connectivity index (χ1v) is 31.6. The molecule has 0 aliphatic carbocycles. The van der Waals surface area contributed by atoms with Crippen LogP contribution in [-0.2, 0) is 0 Å². The third-order valence-corrected chi connectivity index (χ3v) is 19.5. The topological polar surface area (TPSA) is 45.5 Å². The van der Waals surface area contributed by atoms with Crippen molar-refractivity contribution in [2.24, 2.45) is 0 Å². The standard InChI is InChI=1S/C86H52N6/c1-2-25-57(26-3-1)68-35-20-36-69(87-68)58-41-43-59(44-42-58)78-83(89-70-37-16-12-31-64(70)79-60-27-8-4-21-53(60)45-49-74(79)89)85(91-72-39-18-14-33-66(72)81-62-29-10-6-23-55(62)47-51-76(81)91)88-86(92-73-40-19-15-34-67(73)82-63-30-11-7-24-56(63)48-52-77(82)92)84(78)90-71-38-17-13-32-65(71)80-61-28-9-5-22-54(61)46-50-75(80)90/h1-52H. The highest BCUT2D eigenvalue weighted by atomic mass is 15.2. The van der Waals surface area contributed by atoms with Gasteiger partial charge in [0.2, 0.25) is 0 Å². The lowest BCUT2D eigenvalue weighted by Crippen LogP contribution is -2.16. The van der Waals surface area contributed by atoms with Crippen molar-refractivity contribution in [3.05, 3.63) is 315 Å². The molecule has 0 spiro atoms. The van der Waals surface area contributed by atoms with Crippen molar-refractivity contribution in [2.75, 3.05) is 0 Å². The van der Waals surface area contributed by atoms with Gasteiger partial charge in [0.05, 0.1) is 55.5 Å². The van der Waals surface area contributed by atoms with Crippen LogP contribution in [0.3, 0.4) is 0 Å². The summed E-state index contributed by atoms with van der Waals surface area (Å²) in [6.07, 6.45) is 0. The molecular weight excluding hydrogens is 1120 g/mol. The summed E-state index contributed by atoms with van der Waals surface area (Å²) in [6.45, 7) is 0. The molecule has 0 atom stereocenters. The summed E-state index contributed by atoms with van der Waals surface area (Å²) < 4.78 is 10.1. The monoisotopic (exact) mass is 1170 g/mol. The molecular formula is C86H52N6. The van der Waals surface area contributed by atoms with E-state index in [4.69, 9.17) is 9.97 Å². The summed E-state index contributed by atoms with van der Waals surface area (Å²) in [6, 6.07) is 116. The van der Waals surface area contributed by atoms with Crippen molar-refractivity contribution >= 4 is 130 Å². The van der Waals surface area contributed by atoms with E-state index < -0.39 is 0 Å². The molecule has 426 valence electrons. The normalized spacial score (nSPS) is 12.1. The van der Waals surface area contributed by atoms with Crippen LogP contribution < -0.4 is 0 Å². The highest BCUT2D eigenvalue weighted by Gasteiger charge is 2.33. The minimum absolute atomic E-state index is 0.787. The molecule has 6 aromatic heterocycles. The zero-order valence-electron chi connectivity index (χ0n) is 49.7. The first-order valence-electron chi connectivity index (χ1n) is 31.6. The van der Waals surface area contributed by atoms with Crippen LogP contribution in [0.25, 0.3) is 187 Å². The van der Waals surface area contributed by atoms with Crippen molar-refractivity contribution in [3.8, 4) is 56.7 Å². The van der Waals surface area contributed by atoms with Crippen LogP contribution in [0.4, 0.5) is 0 Å². The van der Waals surface area contributed by atoms with Crippen molar-refractivity contribution in [3.63, 3.8) is 0 Å². The molecule has 0 N–H and O–H groups in total. The number of nitrogens with zero attached hydrogens (tertiary/aromatic N) is 6. The minimum atomic E-state index is 0.787. The number of benzene rings is 14. The smallest absolute Gasteiger partial charge is 0.165 e. The third kappa shape index (κ3) is 7.20. The summed E-state index contributed by atoms with van der Waals surface area (Å²) in [4.78, 5) is 12.0. The molecule has 20 rings (SSSR count). The van der Waals surface area contributed by atoms with Crippen LogP contribution in [0.15, 0.2) is 315 Å². The van der Waals surface area contributed by atoms with Crippen molar-refractivity contribution in [1.82, 2.24) is 28.2 Å². The van der Waals surface area contributed by atoms with Crippen LogP contribution >= 0.6 is 0 Å². The van der Waals surface area contributed by atoms with E-state index >= 15 is 0 Å². The number of hydrogen-bond acceptors (Lipinski definition) is 2. The molecule has 0 radical (unpaired) electrons. The zero-order chi connectivity index (χ0) is 60.1. The van der Waals surface area contributed by atoms with Gasteiger partial charge in [-0.3, -0.25) is 9.13 Å². The molecule has 0 unspecified atom stereocenters. The van der Waals surface area contributed by atoms with E-state index in [1.54, 1.807) is 0 Å². The molecule has 6 nitrogen and oxygen atoms in total. The fourth-order valence-electron chi connectivity index (χ4n) is 15.6. The molecule has 0 aliphatic rings. The fourth-order valence-corrected chi connectivity index (χ4v) is 15.6. The Morgan fingerprint density at radius 2 is 0.478 bits per heavy atom. The van der Waals surface area contributed by atoms with Gasteiger partial charge < -0.3 is 9.13 Å². The van der Waals surface area contributed by atoms with Crippen LogP contribution in [-0.4, -0.2) is 28.2 Å². The molecule has 0 amide bonds. The van der Waals surface area contributed by atoms with Gasteiger partial charge in [0.15, 0.2) is 11.6 Å². The molecule has 20 aromatic rings. The average molecular weight is 1170 g/mol. The summed E-state index contributed by atoms with van der Waals surface area (Å²) >= 11 is 0. The van der Waals surface area contributed by atoms with E-state index in [1.165, 1.54) is 64.6 Å². The Morgan fingerprint density at radius 1 is 0.185 bits per heavy atom. The number of rotatable bonds is 7. The van der Waals surface area contributed by atoms with Gasteiger partial charge in [-0.25, -0.2) is 9.97 Å². The highest BCUT2D eigenvalue weighted by Crippen LogP contribution is 2.51. The number of aromatic nitrogens is 6. The lowest BCUT2D eigenvalue weighted by Gasteiger charge is -2.27. The summed E-state index contributed by atoms with van der Waals surface area (Å²) in [5.41, 5.74) is 16.3. The van der Waals surface area contributed by atoms with E-state index in [-0.39, 0.29) is 0 Å². The maximum absolute atomic E-state index is 6.65. The molecule has 0 aliphatic heterocycles. The van der Waals surface area contributed by atoms with Crippen LogP contribution in [0.2, 0.25) is 0 Å². The summed E-state index contributed by atoms with van der Waals surface area (Å²) in [7, 11) is 0. The number of pyridine rings is 2. The van der Waals surface area contributed by atoms with Crippen molar-refractivity contribution in [1.29, 1.82) is 0 Å². The fraction of sp³-hybridized carbons (Fsp3) is 0. The molecule has 92 heavy (non-hydrogen) atoms. The van der Waals surface area contributed by atoms with Gasteiger partial charge in [0.25, 0.3) is 0 Å². The number of fused-ring (bicyclic) bond motifs is 20. The lowest BCUT2D eigenvalue weighted by molar-refractivity contribution is 0.961. The van der Waals surface area contributed by atoms with Crippen molar-refractivity contribution < 1.29 is 0 Å². The van der Waals surface area contributed by atoms with E-state index in [0.717, 1.165) is 122 Å². The number of para-hydroxylation sites is 4. The first-order chi connectivity index (χ1) is 45.7. The first kappa shape index (κ1) is 50.6. The SMILES string of the molecule is c1ccc(-c2cccc(-c3ccc(-c4c(-n5c6ccccc6c6c7ccccc7ccc65)c(-n5c6ccccc6c6c7ccccc7ccc65)nc(-n5c6ccccc6c6c7ccccc7ccc65)c4-n4c5ccccc5c5c6ccccc6ccc54)cc3)n2)cc1. The summed E-state index contributed by atoms with van der Waals surface area (Å²) in [5, 5.41) is 18.9. The largest absolute Gasteiger partial charge is 0.305 e. The lowest BCUT2D eigenvalue weighted by atomic mass is 9.98. The second-order valence-corrected chi connectivity index (χ2v) is 24.3. The van der Waals surface area contributed by atoms with Gasteiger partial charge in [-0.1, -0.05) is 255 Å².